The highest BCUT2D eigenvalue weighted by molar-refractivity contribution is 5.97. The normalized spacial score (nSPS) is 15.3. The van der Waals surface area contributed by atoms with Gasteiger partial charge in [-0.2, -0.15) is 0 Å². The number of hydrogen-bond acceptors (Lipinski definition) is 3. The first-order chi connectivity index (χ1) is 10.1. The van der Waals surface area contributed by atoms with E-state index in [4.69, 9.17) is 4.74 Å². The number of carbonyl (C=O) groups excluding carboxylic acids is 1. The highest BCUT2D eigenvalue weighted by Crippen LogP contribution is 2.32. The van der Waals surface area contributed by atoms with Crippen LogP contribution in [0.2, 0.25) is 0 Å². The highest BCUT2D eigenvalue weighted by Gasteiger charge is 2.17. The van der Waals surface area contributed by atoms with E-state index in [9.17, 15) is 4.79 Å². The zero-order valence-corrected chi connectivity index (χ0v) is 13.5. The standard InChI is InChI=1S/C18H27NO2/c1-4-17(20)15-8-9-18(21-13-14(2)3)16(12-15)19-10-6-5-7-11-19/h8-9,12,14H,4-7,10-11,13H2,1-3H3. The minimum atomic E-state index is 0.198. The Morgan fingerprint density at radius 3 is 2.57 bits per heavy atom. The molecule has 0 saturated carbocycles. The molecule has 1 aromatic rings. The third-order valence-electron chi connectivity index (χ3n) is 3.87. The first-order valence-corrected chi connectivity index (χ1v) is 8.16. The number of hydrogen-bond donors (Lipinski definition) is 0. The van der Waals surface area contributed by atoms with Crippen molar-refractivity contribution in [2.45, 2.75) is 46.5 Å². The van der Waals surface area contributed by atoms with Crippen molar-refractivity contribution in [1.29, 1.82) is 0 Å². The van der Waals surface area contributed by atoms with E-state index < -0.39 is 0 Å². The Kier molecular flexibility index (Phi) is 5.66. The molecular weight excluding hydrogens is 262 g/mol. The lowest BCUT2D eigenvalue weighted by atomic mass is 10.0. The molecule has 1 saturated heterocycles. The first kappa shape index (κ1) is 15.9. The van der Waals surface area contributed by atoms with Crippen LogP contribution in [0.1, 0.15) is 56.8 Å². The number of ether oxygens (including phenoxy) is 1. The smallest absolute Gasteiger partial charge is 0.162 e. The van der Waals surface area contributed by atoms with Gasteiger partial charge in [0.05, 0.1) is 12.3 Å². The van der Waals surface area contributed by atoms with Crippen LogP contribution in [0, 0.1) is 5.92 Å². The van der Waals surface area contributed by atoms with E-state index in [0.29, 0.717) is 18.9 Å². The van der Waals surface area contributed by atoms with Gasteiger partial charge in [0.25, 0.3) is 0 Å². The minimum Gasteiger partial charge on any atom is -0.491 e. The maximum Gasteiger partial charge on any atom is 0.162 e. The lowest BCUT2D eigenvalue weighted by molar-refractivity contribution is 0.0988. The van der Waals surface area contributed by atoms with Crippen molar-refractivity contribution in [3.8, 4) is 5.75 Å². The van der Waals surface area contributed by atoms with Gasteiger partial charge in [-0.25, -0.2) is 0 Å². The third-order valence-corrected chi connectivity index (χ3v) is 3.87. The number of ketones is 1. The number of benzene rings is 1. The molecule has 0 amide bonds. The fraction of sp³-hybridized carbons (Fsp3) is 0.611. The van der Waals surface area contributed by atoms with Gasteiger partial charge in [0.2, 0.25) is 0 Å². The molecule has 1 fully saturated rings. The third kappa shape index (κ3) is 4.23. The summed E-state index contributed by atoms with van der Waals surface area (Å²) in [5.74, 6) is 1.61. The van der Waals surface area contributed by atoms with E-state index in [0.717, 1.165) is 30.1 Å². The van der Waals surface area contributed by atoms with E-state index in [1.807, 2.05) is 25.1 Å². The Labute approximate surface area is 128 Å². The van der Waals surface area contributed by atoms with Crippen LogP contribution in [-0.2, 0) is 0 Å². The molecule has 0 spiro atoms. The molecule has 116 valence electrons. The van der Waals surface area contributed by atoms with Crippen molar-refractivity contribution in [2.24, 2.45) is 5.92 Å². The Hall–Kier alpha value is -1.51. The summed E-state index contributed by atoms with van der Waals surface area (Å²) in [5, 5.41) is 0. The van der Waals surface area contributed by atoms with Gasteiger partial charge in [-0.1, -0.05) is 20.8 Å². The quantitative estimate of drug-likeness (QED) is 0.731. The molecule has 1 aromatic carbocycles. The van der Waals surface area contributed by atoms with Gasteiger partial charge in [-0.15, -0.1) is 0 Å². The molecule has 0 radical (unpaired) electrons. The average Bonchev–Trinajstić information content (AvgIpc) is 2.52. The zero-order valence-electron chi connectivity index (χ0n) is 13.5. The topological polar surface area (TPSA) is 29.5 Å². The SMILES string of the molecule is CCC(=O)c1ccc(OCC(C)C)c(N2CCCCC2)c1. The van der Waals surface area contributed by atoms with Gasteiger partial charge >= 0.3 is 0 Å². The second-order valence-corrected chi connectivity index (χ2v) is 6.21. The number of piperidine rings is 1. The molecule has 0 aromatic heterocycles. The Bertz CT molecular complexity index is 476. The van der Waals surface area contributed by atoms with E-state index >= 15 is 0 Å². The molecule has 1 heterocycles. The van der Waals surface area contributed by atoms with Gasteiger partial charge in [-0.3, -0.25) is 4.79 Å². The summed E-state index contributed by atoms with van der Waals surface area (Å²) in [5.41, 5.74) is 1.89. The molecule has 21 heavy (non-hydrogen) atoms. The number of rotatable bonds is 6. The summed E-state index contributed by atoms with van der Waals surface area (Å²) in [6.45, 7) is 9.03. The van der Waals surface area contributed by atoms with E-state index in [-0.39, 0.29) is 5.78 Å². The maximum atomic E-state index is 12.0. The van der Waals surface area contributed by atoms with Crippen LogP contribution in [0.3, 0.4) is 0 Å². The lowest BCUT2D eigenvalue weighted by Gasteiger charge is -2.30. The molecule has 0 atom stereocenters. The number of anilines is 1. The molecule has 2 rings (SSSR count). The van der Waals surface area contributed by atoms with Crippen LogP contribution in [0.25, 0.3) is 0 Å². The predicted molar refractivity (Wildman–Crippen MR) is 87.5 cm³/mol. The van der Waals surface area contributed by atoms with E-state index in [1.54, 1.807) is 0 Å². The number of nitrogens with zero attached hydrogens (tertiary/aromatic N) is 1. The molecule has 3 heteroatoms. The van der Waals surface area contributed by atoms with E-state index in [2.05, 4.69) is 18.7 Å². The van der Waals surface area contributed by atoms with Crippen LogP contribution < -0.4 is 9.64 Å². The Morgan fingerprint density at radius 2 is 1.95 bits per heavy atom. The molecule has 0 unspecified atom stereocenters. The van der Waals surface area contributed by atoms with Crippen molar-refractivity contribution < 1.29 is 9.53 Å². The molecule has 0 bridgehead atoms. The first-order valence-electron chi connectivity index (χ1n) is 8.16. The summed E-state index contributed by atoms with van der Waals surface area (Å²) >= 11 is 0. The van der Waals surface area contributed by atoms with Gasteiger partial charge in [0, 0.05) is 25.1 Å². The molecule has 1 aliphatic heterocycles. The highest BCUT2D eigenvalue weighted by atomic mass is 16.5. The zero-order chi connectivity index (χ0) is 15.2. The second-order valence-electron chi connectivity index (χ2n) is 6.21. The van der Waals surface area contributed by atoms with Gasteiger partial charge in [0.1, 0.15) is 5.75 Å². The van der Waals surface area contributed by atoms with Crippen molar-refractivity contribution in [1.82, 2.24) is 0 Å². The molecule has 0 N–H and O–H groups in total. The number of carbonyl (C=O) groups is 1. The summed E-state index contributed by atoms with van der Waals surface area (Å²) in [6, 6.07) is 5.89. The van der Waals surface area contributed by atoms with Crippen LogP contribution in [0.4, 0.5) is 5.69 Å². The molecule has 0 aliphatic carbocycles. The van der Waals surface area contributed by atoms with Crippen molar-refractivity contribution in [2.75, 3.05) is 24.6 Å². The monoisotopic (exact) mass is 289 g/mol. The fourth-order valence-electron chi connectivity index (χ4n) is 2.66. The summed E-state index contributed by atoms with van der Waals surface area (Å²) in [4.78, 5) is 14.3. The van der Waals surface area contributed by atoms with Gasteiger partial charge < -0.3 is 9.64 Å². The fourth-order valence-corrected chi connectivity index (χ4v) is 2.66. The molecule has 3 nitrogen and oxygen atoms in total. The largest absolute Gasteiger partial charge is 0.491 e. The van der Waals surface area contributed by atoms with Crippen LogP contribution in [-0.4, -0.2) is 25.5 Å². The Morgan fingerprint density at radius 1 is 1.24 bits per heavy atom. The average molecular weight is 289 g/mol. The van der Waals surface area contributed by atoms with Gasteiger partial charge in [0.15, 0.2) is 5.78 Å². The van der Waals surface area contributed by atoms with Crippen molar-refractivity contribution in [3.05, 3.63) is 23.8 Å². The summed E-state index contributed by atoms with van der Waals surface area (Å²) in [6.07, 6.45) is 4.28. The van der Waals surface area contributed by atoms with E-state index in [1.165, 1.54) is 19.3 Å². The molecular formula is C18H27NO2. The van der Waals surface area contributed by atoms with Gasteiger partial charge in [-0.05, 0) is 43.4 Å². The van der Waals surface area contributed by atoms with Crippen molar-refractivity contribution >= 4 is 11.5 Å². The predicted octanol–water partition coefficient (Wildman–Crippen LogP) is 4.30. The number of Topliss-reactive ketones (excluding diaryl/α,β-unsaturated/α-hetero) is 1. The minimum absolute atomic E-state index is 0.198. The lowest BCUT2D eigenvalue weighted by Crippen LogP contribution is -2.30. The van der Waals surface area contributed by atoms with Crippen molar-refractivity contribution in [3.63, 3.8) is 0 Å². The second kappa shape index (κ2) is 7.48. The Balaban J connectivity index is 2.27. The summed E-state index contributed by atoms with van der Waals surface area (Å²) in [7, 11) is 0. The molecule has 1 aliphatic rings. The van der Waals surface area contributed by atoms with Crippen LogP contribution in [0.15, 0.2) is 18.2 Å². The summed E-state index contributed by atoms with van der Waals surface area (Å²) < 4.78 is 5.97. The van der Waals surface area contributed by atoms with Crippen LogP contribution in [0.5, 0.6) is 5.75 Å². The maximum absolute atomic E-state index is 12.0. The van der Waals surface area contributed by atoms with Crippen LogP contribution >= 0.6 is 0 Å².